The number of aryl methyl sites for hydroxylation is 2. The lowest BCUT2D eigenvalue weighted by molar-refractivity contribution is 0.347. The van der Waals surface area contributed by atoms with Crippen LogP contribution >= 0.6 is 0 Å². The van der Waals surface area contributed by atoms with Crippen LogP contribution in [-0.4, -0.2) is 0 Å². The highest BCUT2D eigenvalue weighted by atomic mass is 14.7. The molecule has 0 aliphatic carbocycles. The molecule has 0 heterocycles. The standard InChI is InChI=1S/C17H29N/c1-11(2)17(8,18)15-12(3)9-14(10-13(15)4)16(5,6)7/h9-11H,18H2,1-8H3. The molecular formula is C17H29N. The van der Waals surface area contributed by atoms with Gasteiger partial charge in [-0.25, -0.2) is 0 Å². The topological polar surface area (TPSA) is 26.0 Å². The summed E-state index contributed by atoms with van der Waals surface area (Å²) < 4.78 is 0. The summed E-state index contributed by atoms with van der Waals surface area (Å²) in [7, 11) is 0. The molecule has 0 bridgehead atoms. The van der Waals surface area contributed by atoms with Crippen LogP contribution in [0, 0.1) is 19.8 Å². The van der Waals surface area contributed by atoms with E-state index in [1.54, 1.807) is 0 Å². The molecule has 18 heavy (non-hydrogen) atoms. The predicted molar refractivity (Wildman–Crippen MR) is 81.0 cm³/mol. The molecule has 0 saturated heterocycles. The van der Waals surface area contributed by atoms with Gasteiger partial charge in [0.25, 0.3) is 0 Å². The zero-order valence-corrected chi connectivity index (χ0v) is 13.3. The molecule has 2 N–H and O–H groups in total. The van der Waals surface area contributed by atoms with Crippen molar-refractivity contribution in [1.82, 2.24) is 0 Å². The number of rotatable bonds is 2. The van der Waals surface area contributed by atoms with Crippen LogP contribution in [0.2, 0.25) is 0 Å². The Morgan fingerprint density at radius 1 is 0.944 bits per heavy atom. The molecule has 102 valence electrons. The molecule has 1 atom stereocenters. The van der Waals surface area contributed by atoms with Gasteiger partial charge in [0, 0.05) is 5.54 Å². The van der Waals surface area contributed by atoms with Gasteiger partial charge in [0.15, 0.2) is 0 Å². The zero-order valence-electron chi connectivity index (χ0n) is 13.3. The van der Waals surface area contributed by atoms with Crippen molar-refractivity contribution < 1.29 is 0 Å². The van der Waals surface area contributed by atoms with Gasteiger partial charge in [-0.2, -0.15) is 0 Å². The molecule has 0 amide bonds. The van der Waals surface area contributed by atoms with Gasteiger partial charge in [0.1, 0.15) is 0 Å². The van der Waals surface area contributed by atoms with Crippen LogP contribution in [-0.2, 0) is 11.0 Å². The molecule has 1 unspecified atom stereocenters. The summed E-state index contributed by atoms with van der Waals surface area (Å²) in [4.78, 5) is 0. The van der Waals surface area contributed by atoms with E-state index in [0.29, 0.717) is 5.92 Å². The Kier molecular flexibility index (Phi) is 3.97. The van der Waals surface area contributed by atoms with Crippen LogP contribution in [0.15, 0.2) is 12.1 Å². The maximum Gasteiger partial charge on any atom is 0.0409 e. The summed E-state index contributed by atoms with van der Waals surface area (Å²) in [5, 5.41) is 0. The van der Waals surface area contributed by atoms with E-state index in [4.69, 9.17) is 5.73 Å². The number of hydrogen-bond acceptors (Lipinski definition) is 1. The predicted octanol–water partition coefficient (Wildman–Crippen LogP) is 4.43. The Hall–Kier alpha value is -0.820. The summed E-state index contributed by atoms with van der Waals surface area (Å²) in [6.45, 7) is 17.7. The number of nitrogens with two attached hydrogens (primary N) is 1. The first-order valence-corrected chi connectivity index (χ1v) is 6.89. The van der Waals surface area contributed by atoms with Gasteiger partial charge in [-0.3, -0.25) is 0 Å². The third-order valence-electron chi connectivity index (χ3n) is 4.14. The third kappa shape index (κ3) is 2.77. The first-order chi connectivity index (χ1) is 7.98. The Morgan fingerprint density at radius 2 is 1.33 bits per heavy atom. The molecule has 0 radical (unpaired) electrons. The number of benzene rings is 1. The highest BCUT2D eigenvalue weighted by Gasteiger charge is 2.29. The van der Waals surface area contributed by atoms with Crippen molar-refractivity contribution in [3.8, 4) is 0 Å². The minimum Gasteiger partial charge on any atom is -0.321 e. The summed E-state index contributed by atoms with van der Waals surface area (Å²) >= 11 is 0. The van der Waals surface area contributed by atoms with Gasteiger partial charge in [-0.05, 0) is 54.4 Å². The van der Waals surface area contributed by atoms with E-state index in [9.17, 15) is 0 Å². The van der Waals surface area contributed by atoms with E-state index >= 15 is 0 Å². The third-order valence-corrected chi connectivity index (χ3v) is 4.14. The second-order valence-electron chi connectivity index (χ2n) is 7.17. The Labute approximate surface area is 113 Å². The first-order valence-electron chi connectivity index (χ1n) is 6.89. The average Bonchev–Trinajstić information content (AvgIpc) is 2.13. The van der Waals surface area contributed by atoms with Crippen LogP contribution in [0.3, 0.4) is 0 Å². The summed E-state index contributed by atoms with van der Waals surface area (Å²) in [5.41, 5.74) is 11.8. The Balaban J connectivity index is 3.43. The fourth-order valence-corrected chi connectivity index (χ4v) is 2.53. The van der Waals surface area contributed by atoms with Gasteiger partial charge in [0.05, 0.1) is 0 Å². The maximum atomic E-state index is 6.54. The quantitative estimate of drug-likeness (QED) is 0.822. The van der Waals surface area contributed by atoms with Gasteiger partial charge in [0.2, 0.25) is 0 Å². The molecule has 1 aromatic carbocycles. The lowest BCUT2D eigenvalue weighted by Gasteiger charge is -2.34. The van der Waals surface area contributed by atoms with Crippen molar-refractivity contribution in [2.75, 3.05) is 0 Å². The number of hydrogen-bond donors (Lipinski definition) is 1. The monoisotopic (exact) mass is 247 g/mol. The van der Waals surface area contributed by atoms with E-state index in [1.165, 1.54) is 22.3 Å². The SMILES string of the molecule is Cc1cc(C(C)(C)C)cc(C)c1C(C)(N)C(C)C. The van der Waals surface area contributed by atoms with Gasteiger partial charge < -0.3 is 5.73 Å². The molecule has 1 rings (SSSR count). The first kappa shape index (κ1) is 15.2. The molecule has 1 nitrogen and oxygen atoms in total. The summed E-state index contributed by atoms with van der Waals surface area (Å²) in [6.07, 6.45) is 0. The van der Waals surface area contributed by atoms with Crippen LogP contribution < -0.4 is 5.73 Å². The second-order valence-corrected chi connectivity index (χ2v) is 7.17. The largest absolute Gasteiger partial charge is 0.321 e. The minimum absolute atomic E-state index is 0.191. The van der Waals surface area contributed by atoms with E-state index in [-0.39, 0.29) is 11.0 Å². The lowest BCUT2D eigenvalue weighted by Crippen LogP contribution is -2.40. The maximum absolute atomic E-state index is 6.54. The van der Waals surface area contributed by atoms with Crippen LogP contribution in [0.5, 0.6) is 0 Å². The molecule has 0 aromatic heterocycles. The van der Waals surface area contributed by atoms with Crippen molar-refractivity contribution >= 4 is 0 Å². The average molecular weight is 247 g/mol. The Bertz CT molecular complexity index is 410. The fourth-order valence-electron chi connectivity index (χ4n) is 2.53. The van der Waals surface area contributed by atoms with Gasteiger partial charge in [-0.15, -0.1) is 0 Å². The highest BCUT2D eigenvalue weighted by Crippen LogP contribution is 2.34. The summed E-state index contributed by atoms with van der Waals surface area (Å²) in [5.74, 6) is 0.426. The molecule has 0 spiro atoms. The van der Waals surface area contributed by atoms with Gasteiger partial charge in [-0.1, -0.05) is 46.8 Å². The lowest BCUT2D eigenvalue weighted by atomic mass is 9.75. The molecule has 1 aromatic rings. The highest BCUT2D eigenvalue weighted by molar-refractivity contribution is 5.44. The normalized spacial score (nSPS) is 15.9. The van der Waals surface area contributed by atoms with Crippen LogP contribution in [0.4, 0.5) is 0 Å². The van der Waals surface area contributed by atoms with E-state index < -0.39 is 0 Å². The minimum atomic E-state index is -0.259. The van der Waals surface area contributed by atoms with Gasteiger partial charge >= 0.3 is 0 Å². The van der Waals surface area contributed by atoms with Crippen molar-refractivity contribution in [2.45, 2.75) is 66.3 Å². The van der Waals surface area contributed by atoms with Crippen LogP contribution in [0.25, 0.3) is 0 Å². The van der Waals surface area contributed by atoms with Crippen molar-refractivity contribution in [3.05, 3.63) is 34.4 Å². The van der Waals surface area contributed by atoms with Crippen molar-refractivity contribution in [3.63, 3.8) is 0 Å². The van der Waals surface area contributed by atoms with Crippen LogP contribution in [0.1, 0.15) is 63.8 Å². The van der Waals surface area contributed by atoms with E-state index in [2.05, 4.69) is 67.5 Å². The van der Waals surface area contributed by atoms with Crippen molar-refractivity contribution in [1.29, 1.82) is 0 Å². The smallest absolute Gasteiger partial charge is 0.0409 e. The molecule has 0 aliphatic rings. The summed E-state index contributed by atoms with van der Waals surface area (Å²) in [6, 6.07) is 4.60. The zero-order chi connectivity index (χ0) is 14.3. The Morgan fingerprint density at radius 3 is 1.61 bits per heavy atom. The second kappa shape index (κ2) is 4.70. The molecular weight excluding hydrogens is 218 g/mol. The molecule has 0 saturated carbocycles. The van der Waals surface area contributed by atoms with E-state index in [0.717, 1.165) is 0 Å². The molecule has 0 aliphatic heterocycles. The fraction of sp³-hybridized carbons (Fsp3) is 0.647. The molecule has 0 fully saturated rings. The molecule has 1 heteroatoms. The van der Waals surface area contributed by atoms with Crippen molar-refractivity contribution in [2.24, 2.45) is 11.7 Å². The van der Waals surface area contributed by atoms with E-state index in [1.807, 2.05) is 0 Å².